The number of benzene rings is 1. The lowest BCUT2D eigenvalue weighted by Gasteiger charge is -2.39. The Morgan fingerprint density at radius 2 is 2.19 bits per heavy atom. The monoisotopic (exact) mass is 350 g/mol. The number of aromatic nitrogens is 1. The first-order chi connectivity index (χ1) is 12.6. The van der Waals surface area contributed by atoms with Crippen molar-refractivity contribution in [1.29, 1.82) is 5.26 Å². The quantitative estimate of drug-likeness (QED) is 0.924. The molecular weight excluding hydrogens is 328 g/mol. The lowest BCUT2D eigenvalue weighted by atomic mass is 10.0. The molecule has 6 heteroatoms. The van der Waals surface area contributed by atoms with Crippen LogP contribution in [0, 0.1) is 18.3 Å². The molecule has 4 rings (SSSR count). The van der Waals surface area contributed by atoms with Crippen molar-refractivity contribution >= 4 is 11.6 Å². The highest BCUT2D eigenvalue weighted by molar-refractivity contribution is 6.01. The minimum absolute atomic E-state index is 0.00149. The molecule has 2 aromatic rings. The summed E-state index contributed by atoms with van der Waals surface area (Å²) in [5, 5.41) is 12.9. The molecule has 0 aliphatic carbocycles. The number of nitriles is 1. The number of ether oxygens (including phenoxy) is 1. The highest BCUT2D eigenvalue weighted by atomic mass is 16.5. The Labute approximate surface area is 153 Å². The van der Waals surface area contributed by atoms with Crippen molar-refractivity contribution in [3.8, 4) is 6.07 Å². The number of carbonyl (C=O) groups excluding carboxylic acids is 1. The van der Waals surface area contributed by atoms with Crippen molar-refractivity contribution in [1.82, 2.24) is 9.47 Å². The van der Waals surface area contributed by atoms with Crippen LogP contribution in [0.5, 0.6) is 0 Å². The van der Waals surface area contributed by atoms with Crippen LogP contribution in [0.1, 0.15) is 46.3 Å². The van der Waals surface area contributed by atoms with E-state index in [1.54, 1.807) is 0 Å². The minimum Gasteiger partial charge on any atom is -0.376 e. The average molecular weight is 350 g/mol. The molecule has 3 heterocycles. The van der Waals surface area contributed by atoms with Crippen LogP contribution >= 0.6 is 0 Å². The van der Waals surface area contributed by atoms with Crippen LogP contribution in [0.25, 0.3) is 0 Å². The summed E-state index contributed by atoms with van der Waals surface area (Å²) in [6.07, 6.45) is 1.75. The van der Waals surface area contributed by atoms with Gasteiger partial charge in [0.2, 0.25) is 0 Å². The van der Waals surface area contributed by atoms with Gasteiger partial charge in [-0.25, -0.2) is 0 Å². The maximum atomic E-state index is 13.2. The fourth-order valence-corrected chi connectivity index (χ4v) is 3.84. The first-order valence-corrected chi connectivity index (χ1v) is 8.94. The molecule has 0 bridgehead atoms. The zero-order valence-corrected chi connectivity index (χ0v) is 15.0. The van der Waals surface area contributed by atoms with E-state index in [0.717, 1.165) is 36.4 Å². The van der Waals surface area contributed by atoms with Gasteiger partial charge < -0.3 is 19.5 Å². The predicted octanol–water partition coefficient (Wildman–Crippen LogP) is 2.95. The number of hydrogen-bond acceptors (Lipinski definition) is 4. The molecule has 2 aliphatic rings. The topological polar surface area (TPSA) is 70.3 Å². The summed E-state index contributed by atoms with van der Waals surface area (Å²) < 4.78 is 7.64. The van der Waals surface area contributed by atoms with E-state index in [4.69, 9.17) is 4.74 Å². The van der Waals surface area contributed by atoms with Gasteiger partial charge in [0.15, 0.2) is 0 Å². The van der Waals surface area contributed by atoms with Gasteiger partial charge in [-0.3, -0.25) is 4.79 Å². The van der Waals surface area contributed by atoms with Gasteiger partial charge in [-0.15, -0.1) is 0 Å². The summed E-state index contributed by atoms with van der Waals surface area (Å²) >= 11 is 0. The van der Waals surface area contributed by atoms with Gasteiger partial charge >= 0.3 is 0 Å². The molecule has 1 fully saturated rings. The van der Waals surface area contributed by atoms with Crippen molar-refractivity contribution in [3.05, 3.63) is 52.8 Å². The van der Waals surface area contributed by atoms with Gasteiger partial charge in [-0.2, -0.15) is 5.26 Å². The highest BCUT2D eigenvalue weighted by Gasteiger charge is 2.36. The highest BCUT2D eigenvalue weighted by Crippen LogP contribution is 2.36. The lowest BCUT2D eigenvalue weighted by molar-refractivity contribution is 0.0426. The normalized spacial score (nSPS) is 22.0. The molecule has 0 spiro atoms. The molecule has 1 saturated heterocycles. The van der Waals surface area contributed by atoms with Gasteiger partial charge in [-0.1, -0.05) is 12.1 Å². The molecule has 2 unspecified atom stereocenters. The number of amides is 1. The maximum Gasteiger partial charge on any atom is 0.257 e. The van der Waals surface area contributed by atoms with Crippen LogP contribution < -0.4 is 5.32 Å². The number of nitrogens with zero attached hydrogens (tertiary/aromatic N) is 3. The summed E-state index contributed by atoms with van der Waals surface area (Å²) in [5.74, 6) is 0.00149. The summed E-state index contributed by atoms with van der Waals surface area (Å²) in [5.41, 5.74) is 4.01. The molecule has 0 radical (unpaired) electrons. The van der Waals surface area contributed by atoms with Crippen LogP contribution in [-0.2, 0) is 11.8 Å². The molecule has 2 atom stereocenters. The average Bonchev–Trinajstić information content (AvgIpc) is 3.26. The maximum absolute atomic E-state index is 13.2. The second-order valence-electron chi connectivity index (χ2n) is 6.93. The third-order valence-corrected chi connectivity index (χ3v) is 5.43. The Morgan fingerprint density at radius 3 is 2.88 bits per heavy atom. The molecule has 134 valence electrons. The van der Waals surface area contributed by atoms with Gasteiger partial charge in [0, 0.05) is 37.1 Å². The van der Waals surface area contributed by atoms with Crippen LogP contribution in [0.3, 0.4) is 0 Å². The van der Waals surface area contributed by atoms with Crippen LogP contribution in [0.4, 0.5) is 5.69 Å². The fourth-order valence-electron chi connectivity index (χ4n) is 3.84. The number of nitrogens with one attached hydrogen (secondary N) is 1. The largest absolute Gasteiger partial charge is 0.376 e. The SMILES string of the molecule is Cc1c(C2Nc3ccccc3C(=O)N2CC2CCCO2)cc(C#N)n1C. The zero-order valence-electron chi connectivity index (χ0n) is 15.0. The van der Waals surface area contributed by atoms with Gasteiger partial charge in [0.1, 0.15) is 17.9 Å². The van der Waals surface area contributed by atoms with Crippen molar-refractivity contribution in [2.75, 3.05) is 18.5 Å². The fraction of sp³-hybridized carbons (Fsp3) is 0.400. The molecule has 1 aromatic carbocycles. The Balaban J connectivity index is 1.77. The van der Waals surface area contributed by atoms with Gasteiger partial charge in [0.25, 0.3) is 5.91 Å². The van der Waals surface area contributed by atoms with Crippen molar-refractivity contribution in [3.63, 3.8) is 0 Å². The van der Waals surface area contributed by atoms with Gasteiger partial charge in [0.05, 0.1) is 11.7 Å². The Bertz CT molecular complexity index is 890. The van der Waals surface area contributed by atoms with Crippen LogP contribution in [0.2, 0.25) is 0 Å². The summed E-state index contributed by atoms with van der Waals surface area (Å²) in [7, 11) is 1.88. The minimum atomic E-state index is -0.310. The first-order valence-electron chi connectivity index (χ1n) is 8.94. The summed E-state index contributed by atoms with van der Waals surface area (Å²) in [6.45, 7) is 3.28. The van der Waals surface area contributed by atoms with Crippen LogP contribution in [-0.4, -0.2) is 34.6 Å². The second-order valence-corrected chi connectivity index (χ2v) is 6.93. The van der Waals surface area contributed by atoms with Crippen LogP contribution in [0.15, 0.2) is 30.3 Å². The standard InChI is InChI=1S/C20H22N4O2/c1-13-17(10-14(11-21)23(13)2)19-22-18-8-4-3-7-16(18)20(25)24(19)12-15-6-5-9-26-15/h3-4,7-8,10,15,19,22H,5-6,9,12H2,1-2H3. The molecule has 1 aromatic heterocycles. The van der Waals surface area contributed by atoms with Crippen molar-refractivity contribution in [2.45, 2.75) is 32.0 Å². The Morgan fingerprint density at radius 1 is 1.38 bits per heavy atom. The number of anilines is 1. The Kier molecular flexibility index (Phi) is 4.17. The van der Waals surface area contributed by atoms with E-state index in [9.17, 15) is 10.1 Å². The summed E-state index contributed by atoms with van der Waals surface area (Å²) in [6, 6.07) is 11.7. The number of para-hydroxylation sites is 1. The number of carbonyl (C=O) groups is 1. The lowest BCUT2D eigenvalue weighted by Crippen LogP contribution is -2.46. The molecule has 1 N–H and O–H groups in total. The molecule has 26 heavy (non-hydrogen) atoms. The van der Waals surface area contributed by atoms with E-state index < -0.39 is 0 Å². The van der Waals surface area contributed by atoms with Gasteiger partial charge in [-0.05, 0) is 38.0 Å². The number of hydrogen-bond donors (Lipinski definition) is 1. The molecule has 6 nitrogen and oxygen atoms in total. The van der Waals surface area contributed by atoms with Crippen molar-refractivity contribution in [2.24, 2.45) is 7.05 Å². The molecule has 2 aliphatic heterocycles. The smallest absolute Gasteiger partial charge is 0.257 e. The number of rotatable bonds is 3. The Hall–Kier alpha value is -2.78. The molecular formula is C20H22N4O2. The van der Waals surface area contributed by atoms with E-state index in [1.165, 1.54) is 0 Å². The molecule has 0 saturated carbocycles. The summed E-state index contributed by atoms with van der Waals surface area (Å²) in [4.78, 5) is 15.1. The van der Waals surface area contributed by atoms with Crippen molar-refractivity contribution < 1.29 is 9.53 Å². The van der Waals surface area contributed by atoms with E-state index in [2.05, 4.69) is 11.4 Å². The predicted molar refractivity (Wildman–Crippen MR) is 97.7 cm³/mol. The van der Waals surface area contributed by atoms with E-state index in [-0.39, 0.29) is 18.2 Å². The van der Waals surface area contributed by atoms with E-state index in [1.807, 2.05) is 53.8 Å². The third kappa shape index (κ3) is 2.65. The zero-order chi connectivity index (χ0) is 18.3. The molecule has 1 amide bonds. The van der Waals surface area contributed by atoms with E-state index >= 15 is 0 Å². The first kappa shape index (κ1) is 16.7. The number of fused-ring (bicyclic) bond motifs is 1. The second kappa shape index (κ2) is 6.50. The third-order valence-electron chi connectivity index (χ3n) is 5.43. The van der Waals surface area contributed by atoms with E-state index in [0.29, 0.717) is 17.8 Å².